The Morgan fingerprint density at radius 2 is 1.69 bits per heavy atom. The number of nitrogens with one attached hydrogen (secondary N) is 1. The molecule has 0 spiro atoms. The second-order valence-electron chi connectivity index (χ2n) is 7.27. The van der Waals surface area contributed by atoms with Gasteiger partial charge in [0.05, 0.1) is 30.6 Å². The predicted molar refractivity (Wildman–Crippen MR) is 106 cm³/mol. The molecule has 0 aliphatic carbocycles. The highest BCUT2D eigenvalue weighted by Gasteiger charge is 2.47. The number of ether oxygens (including phenoxy) is 2. The lowest BCUT2D eigenvalue weighted by Gasteiger charge is -2.17. The van der Waals surface area contributed by atoms with E-state index in [-0.39, 0.29) is 30.8 Å². The molecule has 7 nitrogen and oxygen atoms in total. The fourth-order valence-corrected chi connectivity index (χ4v) is 3.90. The van der Waals surface area contributed by atoms with Crippen molar-refractivity contribution in [1.29, 1.82) is 0 Å². The molecule has 5 rings (SSSR count). The van der Waals surface area contributed by atoms with Gasteiger partial charge < -0.3 is 19.9 Å². The molecule has 2 aromatic carbocycles. The number of rotatable bonds is 4. The number of nitrogens with zero attached hydrogens (tertiary/aromatic N) is 2. The number of hydrogen-bond donors (Lipinski definition) is 2. The highest BCUT2D eigenvalue weighted by Crippen LogP contribution is 2.28. The molecule has 2 aliphatic heterocycles. The van der Waals surface area contributed by atoms with Crippen molar-refractivity contribution in [2.45, 2.75) is 24.4 Å². The van der Waals surface area contributed by atoms with E-state index in [4.69, 9.17) is 9.47 Å². The summed E-state index contributed by atoms with van der Waals surface area (Å²) >= 11 is 0. The van der Waals surface area contributed by atoms with Crippen LogP contribution < -0.4 is 5.32 Å². The molecule has 0 unspecified atom stereocenters. The van der Waals surface area contributed by atoms with Gasteiger partial charge in [-0.2, -0.15) is 5.10 Å². The maximum absolute atomic E-state index is 13.2. The Kier molecular flexibility index (Phi) is 4.63. The summed E-state index contributed by atoms with van der Waals surface area (Å²) in [6, 6.07) is 20.8. The minimum atomic E-state index is -0.651. The van der Waals surface area contributed by atoms with Gasteiger partial charge in [-0.05, 0) is 18.2 Å². The summed E-state index contributed by atoms with van der Waals surface area (Å²) in [5.74, 6) is -0.261. The summed E-state index contributed by atoms with van der Waals surface area (Å²) < 4.78 is 12.9. The third-order valence-electron chi connectivity index (χ3n) is 5.36. The fraction of sp³-hybridized carbons (Fsp3) is 0.273. The van der Waals surface area contributed by atoms with Crippen molar-refractivity contribution in [3.63, 3.8) is 0 Å². The molecule has 3 aromatic rings. The number of amides is 1. The van der Waals surface area contributed by atoms with E-state index < -0.39 is 6.10 Å². The van der Waals surface area contributed by atoms with Crippen LogP contribution in [0.15, 0.2) is 66.7 Å². The van der Waals surface area contributed by atoms with E-state index in [1.807, 2.05) is 60.7 Å². The molecule has 29 heavy (non-hydrogen) atoms. The van der Waals surface area contributed by atoms with E-state index in [9.17, 15) is 9.90 Å². The van der Waals surface area contributed by atoms with E-state index in [1.54, 1.807) is 10.7 Å². The minimum Gasteiger partial charge on any atom is -0.388 e. The number of aromatic nitrogens is 2. The molecule has 148 valence electrons. The van der Waals surface area contributed by atoms with Crippen LogP contribution >= 0.6 is 0 Å². The molecule has 3 heterocycles. The van der Waals surface area contributed by atoms with Gasteiger partial charge >= 0.3 is 0 Å². The zero-order valence-electron chi connectivity index (χ0n) is 15.6. The molecule has 1 aromatic heterocycles. The largest absolute Gasteiger partial charge is 0.388 e. The molecule has 0 radical (unpaired) electrons. The number of fused-ring (bicyclic) bond motifs is 1. The van der Waals surface area contributed by atoms with Crippen LogP contribution in [0.4, 0.5) is 0 Å². The Morgan fingerprint density at radius 1 is 1.00 bits per heavy atom. The van der Waals surface area contributed by atoms with Crippen molar-refractivity contribution in [2.75, 3.05) is 13.2 Å². The van der Waals surface area contributed by atoms with E-state index in [0.717, 1.165) is 11.3 Å². The monoisotopic (exact) mass is 391 g/mol. The first-order valence-electron chi connectivity index (χ1n) is 9.64. The first kappa shape index (κ1) is 18.1. The van der Waals surface area contributed by atoms with E-state index in [2.05, 4.69) is 10.4 Å². The van der Waals surface area contributed by atoms with Gasteiger partial charge in [-0.3, -0.25) is 4.79 Å². The van der Waals surface area contributed by atoms with Gasteiger partial charge in [0, 0.05) is 5.56 Å². The standard InChI is InChI=1S/C22H21N3O4/c26-19-13-29-20-17(12-28-21(19)20)23-22(27)18-11-16(14-7-3-1-4-8-14)24-25(18)15-9-5-2-6-10-15/h1-11,17,19-21,26H,12-13H2,(H,23,27)/t17-,19-,20-,21-/m1/s1. The Bertz CT molecular complexity index is 1010. The third-order valence-corrected chi connectivity index (χ3v) is 5.36. The Balaban J connectivity index is 1.47. The third kappa shape index (κ3) is 3.33. The van der Waals surface area contributed by atoms with Crippen LogP contribution in [0.3, 0.4) is 0 Å². The van der Waals surface area contributed by atoms with Gasteiger partial charge in [0.2, 0.25) is 0 Å². The van der Waals surface area contributed by atoms with E-state index in [1.165, 1.54) is 0 Å². The van der Waals surface area contributed by atoms with Gasteiger partial charge in [0.15, 0.2) is 0 Å². The van der Waals surface area contributed by atoms with Crippen molar-refractivity contribution < 1.29 is 19.4 Å². The average molecular weight is 391 g/mol. The molecular weight excluding hydrogens is 370 g/mol. The van der Waals surface area contributed by atoms with Gasteiger partial charge in [-0.15, -0.1) is 0 Å². The lowest BCUT2D eigenvalue weighted by molar-refractivity contribution is 0.0178. The lowest BCUT2D eigenvalue weighted by atomic mass is 10.1. The van der Waals surface area contributed by atoms with Crippen LogP contribution in [0.1, 0.15) is 10.5 Å². The zero-order chi connectivity index (χ0) is 19.8. The topological polar surface area (TPSA) is 85.6 Å². The summed E-state index contributed by atoms with van der Waals surface area (Å²) in [7, 11) is 0. The van der Waals surface area contributed by atoms with Crippen molar-refractivity contribution in [1.82, 2.24) is 15.1 Å². The first-order valence-corrected chi connectivity index (χ1v) is 9.64. The lowest BCUT2D eigenvalue weighted by Crippen LogP contribution is -2.44. The molecule has 0 bridgehead atoms. The number of para-hydroxylation sites is 1. The van der Waals surface area contributed by atoms with Crippen LogP contribution in [0.5, 0.6) is 0 Å². The maximum atomic E-state index is 13.2. The molecule has 4 atom stereocenters. The predicted octanol–water partition coefficient (Wildman–Crippen LogP) is 1.80. The van der Waals surface area contributed by atoms with Crippen LogP contribution in [-0.4, -0.2) is 58.4 Å². The number of aliphatic hydroxyl groups is 1. The second-order valence-corrected chi connectivity index (χ2v) is 7.27. The molecule has 2 fully saturated rings. The van der Waals surface area contributed by atoms with E-state index >= 15 is 0 Å². The van der Waals surface area contributed by atoms with Gasteiger partial charge in [0.1, 0.15) is 24.0 Å². The molecule has 7 heteroatoms. The Hall–Kier alpha value is -3.00. The molecule has 1 amide bonds. The highest BCUT2D eigenvalue weighted by molar-refractivity contribution is 5.94. The normalized spacial score (nSPS) is 25.7. The number of benzene rings is 2. The molecular formula is C22H21N3O4. The summed E-state index contributed by atoms with van der Waals surface area (Å²) in [6.45, 7) is 0.533. The number of carbonyl (C=O) groups excluding carboxylic acids is 1. The van der Waals surface area contributed by atoms with Crippen LogP contribution in [0.2, 0.25) is 0 Å². The SMILES string of the molecule is O=C(N[C@@H]1CO[C@H]2[C@@H]1OC[C@H]2O)c1cc(-c2ccccc2)nn1-c1ccccc1. The summed E-state index contributed by atoms with van der Waals surface area (Å²) in [5, 5.41) is 17.6. The molecule has 2 aliphatic rings. The van der Waals surface area contributed by atoms with Crippen LogP contribution in [-0.2, 0) is 9.47 Å². The number of carbonyl (C=O) groups is 1. The Morgan fingerprint density at radius 3 is 2.45 bits per heavy atom. The molecule has 2 saturated heterocycles. The van der Waals surface area contributed by atoms with Crippen molar-refractivity contribution in [2.24, 2.45) is 0 Å². The van der Waals surface area contributed by atoms with Gasteiger partial charge in [-0.1, -0.05) is 48.5 Å². The summed E-state index contributed by atoms with van der Waals surface area (Å²) in [4.78, 5) is 13.2. The minimum absolute atomic E-state index is 0.224. The highest BCUT2D eigenvalue weighted by atomic mass is 16.6. The van der Waals surface area contributed by atoms with Crippen LogP contribution in [0.25, 0.3) is 16.9 Å². The molecule has 2 N–H and O–H groups in total. The second kappa shape index (κ2) is 7.44. The van der Waals surface area contributed by atoms with Crippen molar-refractivity contribution in [3.05, 3.63) is 72.4 Å². The summed E-state index contributed by atoms with van der Waals surface area (Å²) in [6.07, 6.45) is -1.38. The number of aliphatic hydroxyl groups excluding tert-OH is 1. The van der Waals surface area contributed by atoms with Crippen molar-refractivity contribution >= 4 is 5.91 Å². The van der Waals surface area contributed by atoms with Gasteiger partial charge in [0.25, 0.3) is 5.91 Å². The summed E-state index contributed by atoms with van der Waals surface area (Å²) in [5.41, 5.74) is 2.88. The fourth-order valence-electron chi connectivity index (χ4n) is 3.90. The average Bonchev–Trinajstić information content (AvgIpc) is 3.47. The first-order chi connectivity index (χ1) is 14.2. The maximum Gasteiger partial charge on any atom is 0.270 e. The smallest absolute Gasteiger partial charge is 0.270 e. The van der Waals surface area contributed by atoms with Crippen molar-refractivity contribution in [3.8, 4) is 16.9 Å². The molecule has 0 saturated carbocycles. The quantitative estimate of drug-likeness (QED) is 0.708. The van der Waals surface area contributed by atoms with Gasteiger partial charge in [-0.25, -0.2) is 4.68 Å². The van der Waals surface area contributed by atoms with Crippen LogP contribution in [0, 0.1) is 0 Å². The van der Waals surface area contributed by atoms with E-state index in [0.29, 0.717) is 18.0 Å². The number of hydrogen-bond acceptors (Lipinski definition) is 5. The zero-order valence-corrected chi connectivity index (χ0v) is 15.6. The Labute approximate surface area is 167 Å².